The summed E-state index contributed by atoms with van der Waals surface area (Å²) in [5.74, 6) is -0.418. The minimum absolute atomic E-state index is 0.113. The lowest BCUT2D eigenvalue weighted by Crippen LogP contribution is -2.18. The molecule has 0 saturated carbocycles. The molecular formula is C15H14BrFN2S. The van der Waals surface area contributed by atoms with Gasteiger partial charge in [0.15, 0.2) is 5.82 Å². The minimum atomic E-state index is -0.418. The van der Waals surface area contributed by atoms with Gasteiger partial charge in [0.25, 0.3) is 0 Å². The van der Waals surface area contributed by atoms with Gasteiger partial charge in [0.05, 0.1) is 15.7 Å². The van der Waals surface area contributed by atoms with Crippen LogP contribution in [0.5, 0.6) is 0 Å². The van der Waals surface area contributed by atoms with E-state index in [4.69, 9.17) is 5.26 Å². The van der Waals surface area contributed by atoms with E-state index in [9.17, 15) is 4.39 Å². The molecule has 1 aromatic carbocycles. The van der Waals surface area contributed by atoms with Crippen LogP contribution in [0.25, 0.3) is 0 Å². The van der Waals surface area contributed by atoms with Gasteiger partial charge < -0.3 is 5.32 Å². The van der Waals surface area contributed by atoms with Crippen molar-refractivity contribution in [1.82, 2.24) is 0 Å². The summed E-state index contributed by atoms with van der Waals surface area (Å²) in [5.41, 5.74) is 0.714. The van der Waals surface area contributed by atoms with Crippen molar-refractivity contribution >= 4 is 33.0 Å². The number of nitrogens with zero attached hydrogens (tertiary/aromatic N) is 1. The van der Waals surface area contributed by atoms with Crippen LogP contribution in [0.2, 0.25) is 0 Å². The number of nitriles is 1. The van der Waals surface area contributed by atoms with Gasteiger partial charge in [-0.15, -0.1) is 11.3 Å². The zero-order chi connectivity index (χ0) is 14.7. The van der Waals surface area contributed by atoms with Crippen LogP contribution in [0.15, 0.2) is 28.7 Å². The summed E-state index contributed by atoms with van der Waals surface area (Å²) < 4.78 is 14.3. The number of halogens is 2. The summed E-state index contributed by atoms with van der Waals surface area (Å²) in [6, 6.07) is 9.46. The Kier molecular flexibility index (Phi) is 4.79. The maximum absolute atomic E-state index is 14.1. The number of nitrogens with one attached hydrogen (secondary N) is 1. The topological polar surface area (TPSA) is 35.8 Å². The van der Waals surface area contributed by atoms with Crippen molar-refractivity contribution < 1.29 is 4.39 Å². The van der Waals surface area contributed by atoms with E-state index in [1.807, 2.05) is 13.0 Å². The molecule has 1 atom stereocenters. The number of rotatable bonds is 4. The van der Waals surface area contributed by atoms with Crippen LogP contribution >= 0.6 is 27.3 Å². The lowest BCUT2D eigenvalue weighted by atomic mass is 10.1. The van der Waals surface area contributed by atoms with E-state index < -0.39 is 5.82 Å². The maximum Gasteiger partial charge on any atom is 0.161 e. The monoisotopic (exact) mass is 352 g/mol. The summed E-state index contributed by atoms with van der Waals surface area (Å²) in [6.45, 7) is 4.09. The zero-order valence-corrected chi connectivity index (χ0v) is 13.6. The lowest BCUT2D eigenvalue weighted by molar-refractivity contribution is 0.619. The summed E-state index contributed by atoms with van der Waals surface area (Å²) in [6.07, 6.45) is 0.843. The van der Waals surface area contributed by atoms with Crippen molar-refractivity contribution in [3.8, 4) is 6.07 Å². The Morgan fingerprint density at radius 2 is 2.15 bits per heavy atom. The van der Waals surface area contributed by atoms with E-state index in [1.54, 1.807) is 23.5 Å². The van der Waals surface area contributed by atoms with Gasteiger partial charge in [-0.2, -0.15) is 5.26 Å². The maximum atomic E-state index is 14.1. The predicted octanol–water partition coefficient (Wildman–Crippen LogP) is 4.87. The highest BCUT2D eigenvalue weighted by atomic mass is 79.9. The van der Waals surface area contributed by atoms with Gasteiger partial charge >= 0.3 is 0 Å². The number of benzene rings is 1. The molecule has 20 heavy (non-hydrogen) atoms. The van der Waals surface area contributed by atoms with Crippen LogP contribution in [0.3, 0.4) is 0 Å². The standard InChI is InChI=1S/C15H14BrFN2S/c1-9(7-12-5-3-10(2)20-12)19-13-6-4-11(8-18)14(16)15(13)17/h3-6,9,19H,7H2,1-2H3. The highest BCUT2D eigenvalue weighted by Gasteiger charge is 2.13. The Morgan fingerprint density at radius 1 is 1.40 bits per heavy atom. The smallest absolute Gasteiger partial charge is 0.161 e. The van der Waals surface area contributed by atoms with E-state index in [0.29, 0.717) is 11.3 Å². The van der Waals surface area contributed by atoms with Crippen molar-refractivity contribution in [1.29, 1.82) is 5.26 Å². The first kappa shape index (κ1) is 15.0. The second-order valence-electron chi connectivity index (χ2n) is 4.66. The van der Waals surface area contributed by atoms with Crippen LogP contribution in [-0.2, 0) is 6.42 Å². The lowest BCUT2D eigenvalue weighted by Gasteiger charge is -2.16. The first-order chi connectivity index (χ1) is 9.51. The number of aryl methyl sites for hydroxylation is 1. The second-order valence-corrected chi connectivity index (χ2v) is 6.83. The van der Waals surface area contributed by atoms with Crippen LogP contribution in [0.1, 0.15) is 22.2 Å². The molecule has 1 aromatic heterocycles. The quantitative estimate of drug-likeness (QED) is 0.851. The number of thiophene rings is 1. The Bertz CT molecular complexity index is 660. The van der Waals surface area contributed by atoms with E-state index in [2.05, 4.69) is 40.3 Å². The largest absolute Gasteiger partial charge is 0.380 e. The Morgan fingerprint density at radius 3 is 2.75 bits per heavy atom. The molecule has 0 amide bonds. The zero-order valence-electron chi connectivity index (χ0n) is 11.2. The molecule has 104 valence electrons. The van der Waals surface area contributed by atoms with E-state index in [-0.39, 0.29) is 10.5 Å². The average molecular weight is 353 g/mol. The van der Waals surface area contributed by atoms with Crippen molar-refractivity contribution in [3.05, 3.63) is 49.9 Å². The molecule has 0 fully saturated rings. The van der Waals surface area contributed by atoms with Crippen molar-refractivity contribution in [3.63, 3.8) is 0 Å². The third-order valence-corrected chi connectivity index (χ3v) is 4.71. The van der Waals surface area contributed by atoms with Gasteiger partial charge in [-0.05, 0) is 54.0 Å². The van der Waals surface area contributed by atoms with E-state index >= 15 is 0 Å². The van der Waals surface area contributed by atoms with Gasteiger partial charge in [-0.1, -0.05) is 0 Å². The average Bonchev–Trinajstić information content (AvgIpc) is 2.80. The first-order valence-corrected chi connectivity index (χ1v) is 7.82. The molecule has 2 aromatic rings. The van der Waals surface area contributed by atoms with Crippen LogP contribution in [-0.4, -0.2) is 6.04 Å². The Hall–Kier alpha value is -1.38. The molecule has 0 saturated heterocycles. The predicted molar refractivity (Wildman–Crippen MR) is 84.7 cm³/mol. The van der Waals surface area contributed by atoms with Crippen molar-refractivity contribution in [2.24, 2.45) is 0 Å². The number of hydrogen-bond acceptors (Lipinski definition) is 3. The molecule has 5 heteroatoms. The Balaban J connectivity index is 2.10. The fraction of sp³-hybridized carbons (Fsp3) is 0.267. The Labute approximate surface area is 130 Å². The van der Waals surface area contributed by atoms with Gasteiger partial charge in [-0.3, -0.25) is 0 Å². The summed E-state index contributed by atoms with van der Waals surface area (Å²) in [7, 11) is 0. The first-order valence-electron chi connectivity index (χ1n) is 6.21. The molecule has 0 aliphatic heterocycles. The van der Waals surface area contributed by atoms with E-state index in [1.165, 1.54) is 9.75 Å². The minimum Gasteiger partial charge on any atom is -0.380 e. The van der Waals surface area contributed by atoms with Gasteiger partial charge in [-0.25, -0.2) is 4.39 Å². The molecule has 0 bridgehead atoms. The van der Waals surface area contributed by atoms with Crippen LogP contribution < -0.4 is 5.32 Å². The molecular weight excluding hydrogens is 339 g/mol. The number of hydrogen-bond donors (Lipinski definition) is 1. The van der Waals surface area contributed by atoms with Gasteiger partial charge in [0.1, 0.15) is 6.07 Å². The highest BCUT2D eigenvalue weighted by molar-refractivity contribution is 9.10. The highest BCUT2D eigenvalue weighted by Crippen LogP contribution is 2.27. The molecule has 0 radical (unpaired) electrons. The molecule has 1 N–H and O–H groups in total. The summed E-state index contributed by atoms with van der Waals surface area (Å²) >= 11 is 4.87. The molecule has 2 rings (SSSR count). The fourth-order valence-electron chi connectivity index (χ4n) is 1.96. The normalized spacial score (nSPS) is 11.9. The molecule has 0 aliphatic rings. The molecule has 1 unspecified atom stereocenters. The second kappa shape index (κ2) is 6.38. The third-order valence-electron chi connectivity index (χ3n) is 2.91. The van der Waals surface area contributed by atoms with Gasteiger partial charge in [0, 0.05) is 22.2 Å². The fourth-order valence-corrected chi connectivity index (χ4v) is 3.41. The van der Waals surface area contributed by atoms with Crippen LogP contribution in [0, 0.1) is 24.1 Å². The SMILES string of the molecule is Cc1ccc(CC(C)Nc2ccc(C#N)c(Br)c2F)s1. The molecule has 0 aliphatic carbocycles. The molecule has 0 spiro atoms. The molecule has 2 nitrogen and oxygen atoms in total. The third kappa shape index (κ3) is 3.38. The van der Waals surface area contributed by atoms with E-state index in [0.717, 1.165) is 6.42 Å². The van der Waals surface area contributed by atoms with Crippen molar-refractivity contribution in [2.45, 2.75) is 26.3 Å². The van der Waals surface area contributed by atoms with Crippen LogP contribution in [0.4, 0.5) is 10.1 Å². The summed E-state index contributed by atoms with van der Waals surface area (Å²) in [4.78, 5) is 2.55. The molecule has 1 heterocycles. The van der Waals surface area contributed by atoms with Gasteiger partial charge in [0.2, 0.25) is 0 Å². The number of anilines is 1. The van der Waals surface area contributed by atoms with Crippen molar-refractivity contribution in [2.75, 3.05) is 5.32 Å². The summed E-state index contributed by atoms with van der Waals surface area (Å²) in [5, 5.41) is 12.0.